The maximum absolute atomic E-state index is 12.0. The number of aromatic nitrogens is 1. The molecular weight excluding hydrogens is 316 g/mol. The van der Waals surface area contributed by atoms with Gasteiger partial charge in [-0.1, -0.05) is 0 Å². The standard InChI is InChI=1S/C12H11BrN2O2S/c13-10-7(5-6-17-10)11(16)15-12-14-8-3-1-2-4-9(8)18-12/h5-6H,1-4H2,(H,14,15,16). The van der Waals surface area contributed by atoms with Gasteiger partial charge in [0.1, 0.15) is 0 Å². The highest BCUT2D eigenvalue weighted by Gasteiger charge is 2.18. The molecule has 1 N–H and O–H groups in total. The molecule has 0 radical (unpaired) electrons. The molecule has 3 rings (SSSR count). The van der Waals surface area contributed by atoms with Crippen LogP contribution >= 0.6 is 27.3 Å². The van der Waals surface area contributed by atoms with E-state index in [2.05, 4.69) is 26.2 Å². The Kier molecular flexibility index (Phi) is 3.22. The van der Waals surface area contributed by atoms with E-state index in [-0.39, 0.29) is 5.91 Å². The summed E-state index contributed by atoms with van der Waals surface area (Å²) in [5.74, 6) is -0.193. The van der Waals surface area contributed by atoms with E-state index in [0.717, 1.165) is 18.5 Å². The number of nitrogens with zero attached hydrogens (tertiary/aromatic N) is 1. The van der Waals surface area contributed by atoms with Gasteiger partial charge >= 0.3 is 0 Å². The number of thiazole rings is 1. The maximum atomic E-state index is 12.0. The molecule has 1 aliphatic rings. The zero-order chi connectivity index (χ0) is 12.5. The van der Waals surface area contributed by atoms with Crippen LogP contribution < -0.4 is 5.32 Å². The number of amides is 1. The summed E-state index contributed by atoms with van der Waals surface area (Å²) in [6, 6.07) is 1.63. The molecule has 0 unspecified atom stereocenters. The van der Waals surface area contributed by atoms with Crippen LogP contribution in [0.3, 0.4) is 0 Å². The molecule has 0 fully saturated rings. The van der Waals surface area contributed by atoms with Crippen LogP contribution in [0.2, 0.25) is 0 Å². The van der Waals surface area contributed by atoms with Crippen LogP contribution in [0.15, 0.2) is 21.4 Å². The smallest absolute Gasteiger partial charge is 0.261 e. The lowest BCUT2D eigenvalue weighted by Gasteiger charge is -2.06. The van der Waals surface area contributed by atoms with E-state index in [1.807, 2.05) is 0 Å². The van der Waals surface area contributed by atoms with Crippen LogP contribution in [0.4, 0.5) is 5.13 Å². The van der Waals surface area contributed by atoms with Gasteiger partial charge in [0.2, 0.25) is 0 Å². The molecule has 0 saturated heterocycles. The zero-order valence-electron chi connectivity index (χ0n) is 9.53. The molecule has 2 heterocycles. The second-order valence-electron chi connectivity index (χ2n) is 4.16. The minimum atomic E-state index is -0.193. The number of fused-ring (bicyclic) bond motifs is 1. The number of rotatable bonds is 2. The number of hydrogen-bond acceptors (Lipinski definition) is 4. The molecule has 0 bridgehead atoms. The number of nitrogens with one attached hydrogen (secondary N) is 1. The summed E-state index contributed by atoms with van der Waals surface area (Å²) in [4.78, 5) is 17.8. The molecule has 0 aliphatic heterocycles. The summed E-state index contributed by atoms with van der Waals surface area (Å²) in [5.41, 5.74) is 1.64. The molecular formula is C12H11BrN2O2S. The van der Waals surface area contributed by atoms with E-state index < -0.39 is 0 Å². The third-order valence-corrected chi connectivity index (χ3v) is 4.62. The molecule has 6 heteroatoms. The highest BCUT2D eigenvalue weighted by molar-refractivity contribution is 9.10. The van der Waals surface area contributed by atoms with Crippen LogP contribution in [0.5, 0.6) is 0 Å². The van der Waals surface area contributed by atoms with Crippen molar-refractivity contribution < 1.29 is 9.21 Å². The fraction of sp³-hybridized carbons (Fsp3) is 0.333. The lowest BCUT2D eigenvalue weighted by Crippen LogP contribution is -2.11. The van der Waals surface area contributed by atoms with Gasteiger partial charge < -0.3 is 4.42 Å². The second-order valence-corrected chi connectivity index (χ2v) is 5.96. The van der Waals surface area contributed by atoms with Gasteiger partial charge in [0.15, 0.2) is 9.80 Å². The first-order chi connectivity index (χ1) is 8.74. The summed E-state index contributed by atoms with van der Waals surface area (Å²) in [6.07, 6.45) is 5.99. The Balaban J connectivity index is 1.79. The van der Waals surface area contributed by atoms with Gasteiger partial charge in [0.05, 0.1) is 17.5 Å². The summed E-state index contributed by atoms with van der Waals surface area (Å²) in [7, 11) is 0. The highest BCUT2D eigenvalue weighted by Crippen LogP contribution is 2.30. The van der Waals surface area contributed by atoms with Crippen molar-refractivity contribution in [2.75, 3.05) is 5.32 Å². The normalized spacial score (nSPS) is 14.3. The third kappa shape index (κ3) is 2.22. The van der Waals surface area contributed by atoms with Crippen molar-refractivity contribution in [2.24, 2.45) is 0 Å². The molecule has 18 heavy (non-hydrogen) atoms. The van der Waals surface area contributed by atoms with Gasteiger partial charge in [-0.2, -0.15) is 0 Å². The zero-order valence-corrected chi connectivity index (χ0v) is 11.9. The van der Waals surface area contributed by atoms with E-state index >= 15 is 0 Å². The van der Waals surface area contributed by atoms with Gasteiger partial charge in [-0.15, -0.1) is 11.3 Å². The largest absolute Gasteiger partial charge is 0.457 e. The van der Waals surface area contributed by atoms with Crippen LogP contribution in [-0.4, -0.2) is 10.9 Å². The quantitative estimate of drug-likeness (QED) is 0.916. The molecule has 2 aromatic heterocycles. The lowest BCUT2D eigenvalue weighted by molar-refractivity contribution is 0.102. The Morgan fingerprint density at radius 1 is 1.44 bits per heavy atom. The Morgan fingerprint density at radius 2 is 2.28 bits per heavy atom. The van der Waals surface area contributed by atoms with Crippen molar-refractivity contribution in [2.45, 2.75) is 25.7 Å². The van der Waals surface area contributed by atoms with Gasteiger partial charge in [-0.05, 0) is 47.7 Å². The SMILES string of the molecule is O=C(Nc1nc2c(s1)CCCC2)c1ccoc1Br. The Labute approximate surface area is 117 Å². The Bertz CT molecular complexity index is 567. The Hall–Kier alpha value is -1.14. The van der Waals surface area contributed by atoms with Gasteiger partial charge in [0, 0.05) is 4.88 Å². The number of carbonyl (C=O) groups excluding carboxylic acids is 1. The number of aryl methyl sites for hydroxylation is 2. The minimum absolute atomic E-state index is 0.193. The maximum Gasteiger partial charge on any atom is 0.261 e. The second kappa shape index (κ2) is 4.85. The number of halogens is 1. The van der Waals surface area contributed by atoms with Gasteiger partial charge in [-0.3, -0.25) is 10.1 Å². The fourth-order valence-electron chi connectivity index (χ4n) is 2.03. The van der Waals surface area contributed by atoms with Crippen molar-refractivity contribution in [3.63, 3.8) is 0 Å². The molecule has 2 aromatic rings. The van der Waals surface area contributed by atoms with E-state index in [1.54, 1.807) is 17.4 Å². The van der Waals surface area contributed by atoms with Crippen LogP contribution in [0, 0.1) is 0 Å². The van der Waals surface area contributed by atoms with E-state index in [1.165, 1.54) is 24.0 Å². The number of hydrogen-bond donors (Lipinski definition) is 1. The van der Waals surface area contributed by atoms with Crippen molar-refractivity contribution in [3.05, 3.63) is 33.1 Å². The first kappa shape index (κ1) is 11.9. The van der Waals surface area contributed by atoms with Crippen molar-refractivity contribution in [1.82, 2.24) is 4.98 Å². The summed E-state index contributed by atoms with van der Waals surface area (Å²) in [5, 5.41) is 3.50. The van der Waals surface area contributed by atoms with Crippen molar-refractivity contribution >= 4 is 38.3 Å². The molecule has 1 amide bonds. The van der Waals surface area contributed by atoms with E-state index in [0.29, 0.717) is 15.4 Å². The molecule has 0 saturated carbocycles. The third-order valence-electron chi connectivity index (χ3n) is 2.93. The van der Waals surface area contributed by atoms with Crippen molar-refractivity contribution in [1.29, 1.82) is 0 Å². The molecule has 1 aliphatic carbocycles. The number of anilines is 1. The number of furan rings is 1. The summed E-state index contributed by atoms with van der Waals surface area (Å²) < 4.78 is 5.49. The first-order valence-electron chi connectivity index (χ1n) is 5.77. The molecule has 94 valence electrons. The highest BCUT2D eigenvalue weighted by atomic mass is 79.9. The average molecular weight is 327 g/mol. The van der Waals surface area contributed by atoms with Crippen LogP contribution in [0.1, 0.15) is 33.8 Å². The summed E-state index contributed by atoms with van der Waals surface area (Å²) in [6.45, 7) is 0. The lowest BCUT2D eigenvalue weighted by atomic mass is 10.0. The molecule has 0 atom stereocenters. The topological polar surface area (TPSA) is 55.1 Å². The van der Waals surface area contributed by atoms with Crippen LogP contribution in [0.25, 0.3) is 0 Å². The average Bonchev–Trinajstić information content (AvgIpc) is 2.94. The fourth-order valence-corrected chi connectivity index (χ4v) is 3.49. The minimum Gasteiger partial charge on any atom is -0.457 e. The molecule has 4 nitrogen and oxygen atoms in total. The van der Waals surface area contributed by atoms with Gasteiger partial charge in [0.25, 0.3) is 5.91 Å². The van der Waals surface area contributed by atoms with Gasteiger partial charge in [-0.25, -0.2) is 4.98 Å². The van der Waals surface area contributed by atoms with E-state index in [9.17, 15) is 4.79 Å². The summed E-state index contributed by atoms with van der Waals surface area (Å²) >= 11 is 4.77. The Morgan fingerprint density at radius 3 is 3.00 bits per heavy atom. The number of carbonyl (C=O) groups is 1. The van der Waals surface area contributed by atoms with Crippen LogP contribution in [-0.2, 0) is 12.8 Å². The first-order valence-corrected chi connectivity index (χ1v) is 7.38. The van der Waals surface area contributed by atoms with Crippen molar-refractivity contribution in [3.8, 4) is 0 Å². The monoisotopic (exact) mass is 326 g/mol. The predicted molar refractivity (Wildman–Crippen MR) is 73.1 cm³/mol. The predicted octanol–water partition coefficient (Wildman–Crippen LogP) is 3.63. The molecule has 0 aromatic carbocycles. The molecule has 0 spiro atoms. The van der Waals surface area contributed by atoms with E-state index in [4.69, 9.17) is 4.42 Å².